The van der Waals surface area contributed by atoms with Crippen LogP contribution in [0.2, 0.25) is 5.02 Å². The maximum absolute atomic E-state index is 10.7. The SMILES string of the molecule is COc1cc(Cl)cc(-c2cc(C(=O)O)[nH]n2)c1. The van der Waals surface area contributed by atoms with Crippen molar-refractivity contribution in [3.8, 4) is 17.0 Å². The second-order valence-corrected chi connectivity index (χ2v) is 3.79. The second-order valence-electron chi connectivity index (χ2n) is 3.35. The van der Waals surface area contributed by atoms with Crippen LogP contribution in [0.3, 0.4) is 0 Å². The summed E-state index contributed by atoms with van der Waals surface area (Å²) in [6.07, 6.45) is 0. The van der Waals surface area contributed by atoms with E-state index in [1.807, 2.05) is 0 Å². The smallest absolute Gasteiger partial charge is 0.353 e. The summed E-state index contributed by atoms with van der Waals surface area (Å²) < 4.78 is 5.07. The molecule has 0 unspecified atom stereocenters. The van der Waals surface area contributed by atoms with Crippen molar-refractivity contribution < 1.29 is 14.6 Å². The lowest BCUT2D eigenvalue weighted by molar-refractivity contribution is 0.0690. The molecule has 0 fully saturated rings. The van der Waals surface area contributed by atoms with Crippen LogP contribution >= 0.6 is 11.6 Å². The van der Waals surface area contributed by atoms with Crippen molar-refractivity contribution in [3.05, 3.63) is 35.0 Å². The molecule has 1 aromatic heterocycles. The highest BCUT2D eigenvalue weighted by molar-refractivity contribution is 6.31. The summed E-state index contributed by atoms with van der Waals surface area (Å²) in [5.74, 6) is -0.467. The summed E-state index contributed by atoms with van der Waals surface area (Å²) in [6, 6.07) is 6.52. The molecule has 0 amide bonds. The molecule has 1 aromatic carbocycles. The molecule has 0 spiro atoms. The Morgan fingerprint density at radius 3 is 2.76 bits per heavy atom. The van der Waals surface area contributed by atoms with Crippen LogP contribution in [0.4, 0.5) is 0 Å². The highest BCUT2D eigenvalue weighted by Crippen LogP contribution is 2.27. The van der Waals surface area contributed by atoms with Gasteiger partial charge in [-0.3, -0.25) is 5.10 Å². The molecule has 2 rings (SSSR count). The molecule has 2 N–H and O–H groups in total. The molecule has 0 aliphatic carbocycles. The Morgan fingerprint density at radius 2 is 2.18 bits per heavy atom. The van der Waals surface area contributed by atoms with Crippen molar-refractivity contribution in [2.24, 2.45) is 0 Å². The Balaban J connectivity index is 2.44. The first kappa shape index (κ1) is 11.5. The molecule has 0 aliphatic heterocycles. The number of aromatic amines is 1. The summed E-state index contributed by atoms with van der Waals surface area (Å²) >= 11 is 5.91. The van der Waals surface area contributed by atoms with Crippen molar-refractivity contribution in [3.63, 3.8) is 0 Å². The van der Waals surface area contributed by atoms with Gasteiger partial charge in [0.1, 0.15) is 11.4 Å². The molecule has 0 aliphatic rings. The minimum atomic E-state index is -1.06. The first-order valence-corrected chi connectivity index (χ1v) is 5.11. The molecule has 0 atom stereocenters. The highest BCUT2D eigenvalue weighted by atomic mass is 35.5. The number of carbonyl (C=O) groups is 1. The van der Waals surface area contributed by atoms with E-state index in [-0.39, 0.29) is 5.69 Å². The number of carboxylic acid groups (broad SMARTS) is 1. The second kappa shape index (κ2) is 4.47. The van der Waals surface area contributed by atoms with E-state index in [9.17, 15) is 4.79 Å². The minimum absolute atomic E-state index is 0.0268. The number of hydrogen-bond donors (Lipinski definition) is 2. The van der Waals surface area contributed by atoms with Crippen LogP contribution in [0.15, 0.2) is 24.3 Å². The number of ether oxygens (including phenoxy) is 1. The zero-order valence-corrected chi connectivity index (χ0v) is 9.65. The Morgan fingerprint density at radius 1 is 1.41 bits per heavy atom. The third-order valence-corrected chi connectivity index (χ3v) is 2.43. The van der Waals surface area contributed by atoms with Gasteiger partial charge in [-0.15, -0.1) is 0 Å². The van der Waals surface area contributed by atoms with Gasteiger partial charge in [-0.2, -0.15) is 5.10 Å². The van der Waals surface area contributed by atoms with E-state index in [0.29, 0.717) is 22.0 Å². The van der Waals surface area contributed by atoms with E-state index in [1.165, 1.54) is 13.2 Å². The summed E-state index contributed by atoms with van der Waals surface area (Å²) in [6.45, 7) is 0. The first-order valence-electron chi connectivity index (χ1n) is 4.74. The number of hydrogen-bond acceptors (Lipinski definition) is 3. The fourth-order valence-electron chi connectivity index (χ4n) is 1.41. The Kier molecular flexibility index (Phi) is 3.01. The number of methoxy groups -OCH3 is 1. The predicted octanol–water partition coefficient (Wildman–Crippen LogP) is 2.44. The van der Waals surface area contributed by atoms with Gasteiger partial charge < -0.3 is 9.84 Å². The lowest BCUT2D eigenvalue weighted by Gasteiger charge is -2.03. The average Bonchev–Trinajstić information content (AvgIpc) is 2.77. The molecule has 1 heterocycles. The molecule has 0 saturated heterocycles. The minimum Gasteiger partial charge on any atom is -0.497 e. The fourth-order valence-corrected chi connectivity index (χ4v) is 1.63. The van der Waals surface area contributed by atoms with Gasteiger partial charge in [0.05, 0.1) is 12.8 Å². The van der Waals surface area contributed by atoms with Crippen molar-refractivity contribution in [2.75, 3.05) is 7.11 Å². The molecule has 0 saturated carbocycles. The summed E-state index contributed by atoms with van der Waals surface area (Å²) in [7, 11) is 1.53. The number of nitrogens with one attached hydrogen (secondary N) is 1. The van der Waals surface area contributed by atoms with Gasteiger partial charge in [-0.25, -0.2) is 4.79 Å². The topological polar surface area (TPSA) is 75.2 Å². The van der Waals surface area contributed by atoms with E-state index in [1.54, 1.807) is 18.2 Å². The standard InChI is InChI=1S/C11H9ClN2O3/c1-17-8-3-6(2-7(12)4-8)9-5-10(11(15)16)14-13-9/h2-5H,1H3,(H,13,14)(H,15,16). The molecule has 6 heteroatoms. The molecule has 17 heavy (non-hydrogen) atoms. The largest absolute Gasteiger partial charge is 0.497 e. The third kappa shape index (κ3) is 2.39. The molecule has 2 aromatic rings. The first-order chi connectivity index (χ1) is 8.10. The molecular weight excluding hydrogens is 244 g/mol. The number of benzene rings is 1. The quantitative estimate of drug-likeness (QED) is 0.880. The number of rotatable bonds is 3. The van der Waals surface area contributed by atoms with Crippen LogP contribution in [0.1, 0.15) is 10.5 Å². The van der Waals surface area contributed by atoms with Crippen molar-refractivity contribution in [2.45, 2.75) is 0 Å². The summed E-state index contributed by atoms with van der Waals surface area (Å²) in [5.41, 5.74) is 1.22. The fraction of sp³-hybridized carbons (Fsp3) is 0.0909. The average molecular weight is 253 g/mol. The lowest BCUT2D eigenvalue weighted by Crippen LogP contribution is -1.95. The van der Waals surface area contributed by atoms with Gasteiger partial charge in [-0.1, -0.05) is 11.6 Å². The van der Waals surface area contributed by atoms with E-state index < -0.39 is 5.97 Å². The normalized spacial score (nSPS) is 10.2. The van der Waals surface area contributed by atoms with Crippen LogP contribution < -0.4 is 4.74 Å². The Labute approximate surface area is 102 Å². The summed E-state index contributed by atoms with van der Waals surface area (Å²) in [5, 5.41) is 15.6. The Bertz CT molecular complexity index is 566. The van der Waals surface area contributed by atoms with Crippen molar-refractivity contribution >= 4 is 17.6 Å². The monoisotopic (exact) mass is 252 g/mol. The van der Waals surface area contributed by atoms with Crippen molar-refractivity contribution in [1.82, 2.24) is 10.2 Å². The van der Waals surface area contributed by atoms with Gasteiger partial charge >= 0.3 is 5.97 Å². The van der Waals surface area contributed by atoms with Crippen molar-refractivity contribution in [1.29, 1.82) is 0 Å². The van der Waals surface area contributed by atoms with E-state index in [0.717, 1.165) is 0 Å². The van der Waals surface area contributed by atoms with Gasteiger partial charge in [0.2, 0.25) is 0 Å². The van der Waals surface area contributed by atoms with Crippen LogP contribution in [0.25, 0.3) is 11.3 Å². The number of carboxylic acids is 1. The van der Waals surface area contributed by atoms with E-state index >= 15 is 0 Å². The molecular formula is C11H9ClN2O3. The van der Waals surface area contributed by atoms with Crippen LogP contribution in [0.5, 0.6) is 5.75 Å². The zero-order valence-electron chi connectivity index (χ0n) is 8.90. The van der Waals surface area contributed by atoms with E-state index in [4.69, 9.17) is 21.4 Å². The number of aromatic nitrogens is 2. The number of nitrogens with zero attached hydrogens (tertiary/aromatic N) is 1. The maximum atomic E-state index is 10.7. The van der Waals surface area contributed by atoms with E-state index in [2.05, 4.69) is 10.2 Å². The van der Waals surface area contributed by atoms with Gasteiger partial charge in [0.25, 0.3) is 0 Å². The van der Waals surface area contributed by atoms with Gasteiger partial charge in [-0.05, 0) is 24.3 Å². The van der Waals surface area contributed by atoms with Gasteiger partial charge in [0, 0.05) is 10.6 Å². The number of H-pyrrole nitrogens is 1. The van der Waals surface area contributed by atoms with Gasteiger partial charge in [0.15, 0.2) is 0 Å². The summed E-state index contributed by atoms with van der Waals surface area (Å²) in [4.78, 5) is 10.7. The van der Waals surface area contributed by atoms with Crippen LogP contribution in [0, 0.1) is 0 Å². The third-order valence-electron chi connectivity index (χ3n) is 2.21. The zero-order chi connectivity index (χ0) is 12.4. The molecule has 0 bridgehead atoms. The lowest BCUT2D eigenvalue weighted by atomic mass is 10.1. The molecule has 5 nitrogen and oxygen atoms in total. The van der Waals surface area contributed by atoms with Crippen LogP contribution in [-0.4, -0.2) is 28.4 Å². The molecule has 0 radical (unpaired) electrons. The highest BCUT2D eigenvalue weighted by Gasteiger charge is 2.10. The predicted molar refractivity (Wildman–Crippen MR) is 62.5 cm³/mol. The number of aromatic carboxylic acids is 1. The number of halogens is 1. The van der Waals surface area contributed by atoms with Crippen LogP contribution in [-0.2, 0) is 0 Å². The maximum Gasteiger partial charge on any atom is 0.353 e. The molecule has 88 valence electrons. The Hall–Kier alpha value is -2.01.